The van der Waals surface area contributed by atoms with Crippen molar-refractivity contribution in [1.29, 1.82) is 0 Å². The van der Waals surface area contributed by atoms with E-state index in [4.69, 9.17) is 4.74 Å². The molecule has 0 saturated carbocycles. The van der Waals surface area contributed by atoms with Gasteiger partial charge in [-0.1, -0.05) is 24.3 Å². The van der Waals surface area contributed by atoms with Gasteiger partial charge in [0.25, 0.3) is 5.91 Å². The molecular weight excluding hydrogens is 364 g/mol. The lowest BCUT2D eigenvalue weighted by Crippen LogP contribution is -2.17. The number of methoxy groups -OCH3 is 1. The largest absolute Gasteiger partial charge is 0.497 e. The quantitative estimate of drug-likeness (QED) is 0.533. The van der Waals surface area contributed by atoms with Gasteiger partial charge in [-0.2, -0.15) is 0 Å². The average molecular weight is 384 g/mol. The normalized spacial score (nSPS) is 10.6. The maximum absolute atomic E-state index is 11.7. The summed E-state index contributed by atoms with van der Waals surface area (Å²) in [4.78, 5) is 11.7. The molecule has 6 nitrogen and oxygen atoms in total. The monoisotopic (exact) mass is 384 g/mol. The molecule has 0 radical (unpaired) electrons. The minimum Gasteiger partial charge on any atom is -0.497 e. The van der Waals surface area contributed by atoms with Gasteiger partial charge < -0.3 is 15.4 Å². The summed E-state index contributed by atoms with van der Waals surface area (Å²) in [6.07, 6.45) is 0. The second-order valence-corrected chi connectivity index (χ2v) is 6.45. The van der Waals surface area contributed by atoms with Crippen LogP contribution in [0.2, 0.25) is 0 Å². The molecule has 0 bridgehead atoms. The number of benzene rings is 3. The van der Waals surface area contributed by atoms with Gasteiger partial charge in [-0.15, -0.1) is 10.2 Å². The van der Waals surface area contributed by atoms with Crippen molar-refractivity contribution in [2.45, 2.75) is 0 Å². The molecule has 1 aromatic heterocycles. The van der Waals surface area contributed by atoms with E-state index in [1.165, 1.54) is 0 Å². The molecule has 1 heterocycles. The number of amides is 1. The summed E-state index contributed by atoms with van der Waals surface area (Å²) in [6.45, 7) is 0. The van der Waals surface area contributed by atoms with Gasteiger partial charge >= 0.3 is 0 Å². The number of nitrogens with zero attached hydrogens (tertiary/aromatic N) is 2. The first kappa shape index (κ1) is 18.4. The number of hydrogen-bond acceptors (Lipinski definition) is 5. The number of hydrogen-bond donors (Lipinski definition) is 2. The maximum atomic E-state index is 11.7. The number of nitrogens with one attached hydrogen (secondary N) is 2. The first-order valence-corrected chi connectivity index (χ1v) is 9.18. The van der Waals surface area contributed by atoms with Crippen LogP contribution in [0.25, 0.3) is 22.0 Å². The number of carbonyl (C=O) groups is 1. The van der Waals surface area contributed by atoms with Crippen LogP contribution in [0, 0.1) is 0 Å². The molecule has 0 saturated heterocycles. The summed E-state index contributed by atoms with van der Waals surface area (Å²) in [5.74, 6) is 1.33. The molecule has 0 atom stereocenters. The fraction of sp³-hybridized carbons (Fsp3) is 0.0870. The molecule has 0 spiro atoms. The highest BCUT2D eigenvalue weighted by molar-refractivity contribution is 6.01. The van der Waals surface area contributed by atoms with Gasteiger partial charge in [0.2, 0.25) is 0 Å². The van der Waals surface area contributed by atoms with Crippen molar-refractivity contribution in [3.63, 3.8) is 0 Å². The number of anilines is 2. The highest BCUT2D eigenvalue weighted by Gasteiger charge is 2.11. The SMILES string of the molecule is CNC(=O)c1ccc(Nc2nnc(-c3ccc(OC)cc3)c3ccccc23)cc1. The van der Waals surface area contributed by atoms with E-state index in [1.54, 1.807) is 26.3 Å². The number of rotatable bonds is 5. The molecule has 0 unspecified atom stereocenters. The van der Waals surface area contributed by atoms with Crippen LogP contribution in [0.15, 0.2) is 72.8 Å². The fourth-order valence-electron chi connectivity index (χ4n) is 3.14. The van der Waals surface area contributed by atoms with E-state index in [0.717, 1.165) is 33.5 Å². The lowest BCUT2D eigenvalue weighted by atomic mass is 10.0. The van der Waals surface area contributed by atoms with Crippen molar-refractivity contribution in [3.8, 4) is 17.0 Å². The topological polar surface area (TPSA) is 76.1 Å². The van der Waals surface area contributed by atoms with E-state index in [2.05, 4.69) is 20.8 Å². The predicted molar refractivity (Wildman–Crippen MR) is 115 cm³/mol. The van der Waals surface area contributed by atoms with E-state index in [0.29, 0.717) is 11.4 Å². The molecule has 3 aromatic carbocycles. The number of carbonyl (C=O) groups excluding carboxylic acids is 1. The Balaban J connectivity index is 1.70. The summed E-state index contributed by atoms with van der Waals surface area (Å²) < 4.78 is 5.24. The van der Waals surface area contributed by atoms with E-state index >= 15 is 0 Å². The summed E-state index contributed by atoms with van der Waals surface area (Å²) in [7, 11) is 3.26. The minimum absolute atomic E-state index is 0.120. The second-order valence-electron chi connectivity index (χ2n) is 6.45. The summed E-state index contributed by atoms with van der Waals surface area (Å²) in [6, 6.07) is 23.0. The van der Waals surface area contributed by atoms with Gasteiger partial charge in [-0.25, -0.2) is 0 Å². The van der Waals surface area contributed by atoms with Gasteiger partial charge in [0.05, 0.1) is 7.11 Å². The lowest BCUT2D eigenvalue weighted by molar-refractivity contribution is 0.0963. The van der Waals surface area contributed by atoms with Gasteiger partial charge in [-0.3, -0.25) is 4.79 Å². The van der Waals surface area contributed by atoms with Gasteiger partial charge in [0.1, 0.15) is 11.4 Å². The Bertz CT molecular complexity index is 1160. The van der Waals surface area contributed by atoms with Crippen molar-refractivity contribution >= 4 is 28.2 Å². The molecule has 4 rings (SSSR count). The van der Waals surface area contributed by atoms with Crippen LogP contribution < -0.4 is 15.4 Å². The molecule has 0 aliphatic heterocycles. The zero-order valence-electron chi connectivity index (χ0n) is 16.1. The van der Waals surface area contributed by atoms with Crippen LogP contribution in [-0.4, -0.2) is 30.3 Å². The maximum Gasteiger partial charge on any atom is 0.251 e. The average Bonchev–Trinajstić information content (AvgIpc) is 2.79. The number of aromatic nitrogens is 2. The third-order valence-electron chi connectivity index (χ3n) is 4.69. The Kier molecular flexibility index (Phi) is 5.07. The van der Waals surface area contributed by atoms with Crippen LogP contribution >= 0.6 is 0 Å². The van der Waals surface area contributed by atoms with Crippen LogP contribution in [0.3, 0.4) is 0 Å². The zero-order chi connectivity index (χ0) is 20.2. The predicted octanol–water partition coefficient (Wildman–Crippen LogP) is 4.41. The third kappa shape index (κ3) is 3.73. The van der Waals surface area contributed by atoms with Crippen molar-refractivity contribution in [2.75, 3.05) is 19.5 Å². The van der Waals surface area contributed by atoms with Crippen LogP contribution in [0.1, 0.15) is 10.4 Å². The molecular formula is C23H20N4O2. The highest BCUT2D eigenvalue weighted by Crippen LogP contribution is 2.31. The van der Waals surface area contributed by atoms with Crippen LogP contribution in [-0.2, 0) is 0 Å². The molecule has 4 aromatic rings. The number of ether oxygens (including phenoxy) is 1. The summed E-state index contributed by atoms with van der Waals surface area (Å²) >= 11 is 0. The van der Waals surface area contributed by atoms with E-state index < -0.39 is 0 Å². The molecule has 1 amide bonds. The van der Waals surface area contributed by atoms with Gasteiger partial charge in [-0.05, 0) is 48.5 Å². The first-order chi connectivity index (χ1) is 14.2. The van der Waals surface area contributed by atoms with E-state index in [9.17, 15) is 4.79 Å². The Labute approximate surface area is 168 Å². The smallest absolute Gasteiger partial charge is 0.251 e. The summed E-state index contributed by atoms with van der Waals surface area (Å²) in [5, 5.41) is 16.8. The fourth-order valence-corrected chi connectivity index (χ4v) is 3.14. The first-order valence-electron chi connectivity index (χ1n) is 9.18. The van der Waals surface area contributed by atoms with Crippen molar-refractivity contribution in [1.82, 2.24) is 15.5 Å². The Morgan fingerprint density at radius 2 is 1.55 bits per heavy atom. The molecule has 2 N–H and O–H groups in total. The summed E-state index contributed by atoms with van der Waals surface area (Å²) in [5.41, 5.74) is 3.21. The number of fused-ring (bicyclic) bond motifs is 1. The second kappa shape index (κ2) is 7.98. The Hall–Kier alpha value is -3.93. The molecule has 6 heteroatoms. The van der Waals surface area contributed by atoms with Crippen molar-refractivity contribution in [3.05, 3.63) is 78.4 Å². The minimum atomic E-state index is -0.120. The molecule has 0 aliphatic carbocycles. The molecule has 29 heavy (non-hydrogen) atoms. The Morgan fingerprint density at radius 1 is 0.862 bits per heavy atom. The third-order valence-corrected chi connectivity index (χ3v) is 4.69. The molecule has 0 aliphatic rings. The van der Waals surface area contributed by atoms with E-state index in [-0.39, 0.29) is 5.91 Å². The van der Waals surface area contributed by atoms with E-state index in [1.807, 2.05) is 60.7 Å². The van der Waals surface area contributed by atoms with Crippen molar-refractivity contribution < 1.29 is 9.53 Å². The lowest BCUT2D eigenvalue weighted by Gasteiger charge is -2.12. The van der Waals surface area contributed by atoms with Crippen LogP contribution in [0.4, 0.5) is 11.5 Å². The highest BCUT2D eigenvalue weighted by atomic mass is 16.5. The molecule has 0 fully saturated rings. The van der Waals surface area contributed by atoms with Crippen molar-refractivity contribution in [2.24, 2.45) is 0 Å². The van der Waals surface area contributed by atoms with Gasteiger partial charge in [0.15, 0.2) is 5.82 Å². The Morgan fingerprint density at radius 3 is 2.21 bits per heavy atom. The van der Waals surface area contributed by atoms with Crippen LogP contribution in [0.5, 0.6) is 5.75 Å². The standard InChI is InChI=1S/C23H20N4O2/c1-24-23(28)16-7-11-17(12-8-16)25-22-20-6-4-3-5-19(20)21(26-27-22)15-9-13-18(29-2)14-10-15/h3-14H,1-2H3,(H,24,28)(H,25,27). The van der Waals surface area contributed by atoms with Gasteiger partial charge in [0, 0.05) is 34.6 Å². The zero-order valence-corrected chi connectivity index (χ0v) is 16.1. The molecule has 144 valence electrons.